The van der Waals surface area contributed by atoms with Gasteiger partial charge in [0.25, 0.3) is 0 Å². The molecule has 1 N–H and O–H groups in total. The van der Waals surface area contributed by atoms with Crippen molar-refractivity contribution in [3.05, 3.63) is 41.5 Å². The Hall–Kier alpha value is -4.60. The molecular weight excluding hydrogens is 672 g/mol. The molecule has 2 aromatic carbocycles. The Morgan fingerprint density at radius 3 is 2.58 bits per heavy atom. The van der Waals surface area contributed by atoms with Crippen molar-refractivity contribution in [2.45, 2.75) is 63.0 Å². The van der Waals surface area contributed by atoms with Crippen LogP contribution in [0.2, 0.25) is 0 Å². The molecule has 5 heterocycles. The van der Waals surface area contributed by atoms with E-state index in [1.807, 2.05) is 4.90 Å². The molecule has 0 aliphatic carbocycles. The second-order valence-electron chi connectivity index (χ2n) is 13.4. The van der Waals surface area contributed by atoms with Crippen molar-refractivity contribution in [1.29, 1.82) is 0 Å². The lowest BCUT2D eigenvalue weighted by Crippen LogP contribution is -2.63. The smallest absolute Gasteiger partial charge is 0.490 e. The van der Waals surface area contributed by atoms with Crippen molar-refractivity contribution >= 4 is 33.5 Å². The number of rotatable bonds is 8. The van der Waals surface area contributed by atoms with E-state index in [-0.39, 0.29) is 90.3 Å². The van der Waals surface area contributed by atoms with Gasteiger partial charge in [-0.15, -0.1) is 0 Å². The Kier molecular flexibility index (Phi) is 8.15. The number of benzene rings is 2. The molecule has 2 atom stereocenters. The normalized spacial score (nSPS) is 21.8. The van der Waals surface area contributed by atoms with E-state index in [1.165, 1.54) is 43.2 Å². The van der Waals surface area contributed by atoms with Crippen LogP contribution in [0.25, 0.3) is 32.9 Å². The second kappa shape index (κ2) is 12.0. The first-order chi connectivity index (χ1) is 23.6. The largest absolute Gasteiger partial charge is 0.508 e. The molecule has 0 bridgehead atoms. The summed E-state index contributed by atoms with van der Waals surface area (Å²) >= 11 is 0. The number of phenols is 1. The van der Waals surface area contributed by atoms with E-state index in [2.05, 4.69) is 15.0 Å². The maximum atomic E-state index is 17.0. The number of anilines is 1. The summed E-state index contributed by atoms with van der Waals surface area (Å²) in [5.74, 6) is -4.31. The average Bonchev–Trinajstić information content (AvgIpc) is 3.57. The van der Waals surface area contributed by atoms with E-state index in [9.17, 15) is 27.5 Å². The molecule has 0 spiro atoms. The number of fused-ring (bicyclic) bond motifs is 3. The monoisotopic (exact) mass is 705 g/mol. The summed E-state index contributed by atoms with van der Waals surface area (Å²) in [5.41, 5.74) is -2.51. The molecule has 3 aliphatic rings. The molecule has 0 radical (unpaired) electrons. The number of pyridine rings is 1. The first-order valence-electron chi connectivity index (χ1n) is 16.1. The molecule has 10 nitrogen and oxygen atoms in total. The highest BCUT2D eigenvalue weighted by Crippen LogP contribution is 2.45. The van der Waals surface area contributed by atoms with Gasteiger partial charge >= 0.3 is 18.2 Å². The molecule has 266 valence electrons. The van der Waals surface area contributed by atoms with Crippen LogP contribution in [0.15, 0.2) is 24.3 Å². The fourth-order valence-electron chi connectivity index (χ4n) is 7.66. The Labute approximate surface area is 282 Å². The molecule has 0 unspecified atom stereocenters. The van der Waals surface area contributed by atoms with Crippen LogP contribution < -0.4 is 14.4 Å². The van der Waals surface area contributed by atoms with Crippen molar-refractivity contribution in [2.75, 3.05) is 44.8 Å². The van der Waals surface area contributed by atoms with Crippen LogP contribution in [0.3, 0.4) is 0 Å². The Morgan fingerprint density at radius 2 is 1.88 bits per heavy atom. The minimum atomic E-state index is -5.21. The molecule has 7 rings (SSSR count). The summed E-state index contributed by atoms with van der Waals surface area (Å²) in [6.07, 6.45) is -4.28. The Morgan fingerprint density at radius 1 is 1.12 bits per heavy atom. The Balaban J connectivity index is 1.37. The van der Waals surface area contributed by atoms with Crippen LogP contribution in [0.4, 0.5) is 32.2 Å². The first kappa shape index (κ1) is 33.9. The van der Waals surface area contributed by atoms with Gasteiger partial charge < -0.3 is 24.2 Å². The van der Waals surface area contributed by atoms with E-state index in [0.29, 0.717) is 23.7 Å². The van der Waals surface area contributed by atoms with Gasteiger partial charge in [0.1, 0.15) is 52.4 Å². The van der Waals surface area contributed by atoms with E-state index in [0.717, 1.165) is 6.42 Å². The Bertz CT molecular complexity index is 2020. The number of carbonyl (C=O) groups excluding carboxylic acids is 1. The summed E-state index contributed by atoms with van der Waals surface area (Å²) in [6, 6.07) is 5.10. The van der Waals surface area contributed by atoms with E-state index >= 15 is 8.78 Å². The molecule has 16 heteroatoms. The number of alkyl halides is 4. The predicted octanol–water partition coefficient (Wildman–Crippen LogP) is 6.04. The maximum absolute atomic E-state index is 17.0. The van der Waals surface area contributed by atoms with Gasteiger partial charge in [-0.1, -0.05) is 13.0 Å². The van der Waals surface area contributed by atoms with E-state index < -0.39 is 41.1 Å². The summed E-state index contributed by atoms with van der Waals surface area (Å²) in [4.78, 5) is 28.4. The van der Waals surface area contributed by atoms with Gasteiger partial charge in [0, 0.05) is 18.5 Å². The quantitative estimate of drug-likeness (QED) is 0.172. The zero-order chi connectivity index (χ0) is 35.7. The zero-order valence-corrected chi connectivity index (χ0v) is 27.3. The molecule has 2 aromatic heterocycles. The topological polar surface area (TPSA) is 110 Å². The minimum Gasteiger partial charge on any atom is -0.508 e. The number of carbonyl (C=O) groups is 1. The summed E-state index contributed by atoms with van der Waals surface area (Å²) in [6.45, 7) is 3.47. The SMILES string of the molecule is CCc1c(F)ccc2cc(O)cc(-c3nc(OC)c4c(N5CC(C)(OC(=O)C(F)(F)F)C5)nc(OC[C@@]56CCCN5C[C@H](F)C6)nc4c3F)c12. The fourth-order valence-corrected chi connectivity index (χ4v) is 7.66. The van der Waals surface area contributed by atoms with Crippen molar-refractivity contribution < 1.29 is 50.5 Å². The van der Waals surface area contributed by atoms with Crippen molar-refractivity contribution in [3.63, 3.8) is 0 Å². The van der Waals surface area contributed by atoms with Gasteiger partial charge in [0.05, 0.1) is 25.7 Å². The molecule has 50 heavy (non-hydrogen) atoms. The van der Waals surface area contributed by atoms with Crippen LogP contribution >= 0.6 is 0 Å². The van der Waals surface area contributed by atoms with Crippen LogP contribution in [-0.4, -0.2) is 94.3 Å². The number of halogens is 6. The molecule has 3 saturated heterocycles. The number of ether oxygens (including phenoxy) is 3. The van der Waals surface area contributed by atoms with Gasteiger partial charge in [0.15, 0.2) is 5.82 Å². The molecule has 3 fully saturated rings. The number of aryl methyl sites for hydroxylation is 1. The fraction of sp³-hybridized carbons (Fsp3) is 0.471. The highest BCUT2D eigenvalue weighted by molar-refractivity contribution is 6.03. The number of aromatic nitrogens is 3. The summed E-state index contributed by atoms with van der Waals surface area (Å²) in [5, 5.41) is 11.3. The third-order valence-corrected chi connectivity index (χ3v) is 9.82. The van der Waals surface area contributed by atoms with Crippen LogP contribution in [0.1, 0.15) is 38.7 Å². The van der Waals surface area contributed by atoms with Gasteiger partial charge in [0.2, 0.25) is 5.88 Å². The average molecular weight is 706 g/mol. The van der Waals surface area contributed by atoms with Crippen LogP contribution in [0.5, 0.6) is 17.6 Å². The van der Waals surface area contributed by atoms with Crippen LogP contribution in [0, 0.1) is 11.6 Å². The number of hydrogen-bond donors (Lipinski definition) is 1. The summed E-state index contributed by atoms with van der Waals surface area (Å²) < 4.78 is 102. The first-order valence-corrected chi connectivity index (χ1v) is 16.1. The molecule has 0 saturated carbocycles. The number of esters is 1. The van der Waals surface area contributed by atoms with E-state index in [4.69, 9.17) is 14.2 Å². The minimum absolute atomic E-state index is 0.00763. The number of aromatic hydroxyl groups is 1. The molecule has 3 aliphatic heterocycles. The van der Waals surface area contributed by atoms with Crippen molar-refractivity contribution in [3.8, 4) is 28.9 Å². The zero-order valence-electron chi connectivity index (χ0n) is 27.3. The summed E-state index contributed by atoms with van der Waals surface area (Å²) in [7, 11) is 1.27. The maximum Gasteiger partial charge on any atom is 0.490 e. The lowest BCUT2D eigenvalue weighted by Gasteiger charge is -2.47. The number of phenolic OH excluding ortho intramolecular Hbond substituents is 1. The van der Waals surface area contributed by atoms with Gasteiger partial charge in [-0.25, -0.2) is 22.9 Å². The van der Waals surface area contributed by atoms with Crippen molar-refractivity contribution in [1.82, 2.24) is 19.9 Å². The molecule has 4 aromatic rings. The highest BCUT2D eigenvalue weighted by Gasteiger charge is 2.51. The predicted molar refractivity (Wildman–Crippen MR) is 169 cm³/mol. The van der Waals surface area contributed by atoms with Gasteiger partial charge in [-0.05, 0) is 67.3 Å². The van der Waals surface area contributed by atoms with Crippen LogP contribution in [-0.2, 0) is 16.0 Å². The highest BCUT2D eigenvalue weighted by atomic mass is 19.4. The standard InChI is InChI=1S/C34H33F6N5O5/c1-4-20-22(36)7-6-17-10-19(46)11-21(23(17)20)26-25(37)27-24(29(41-26)48-3)28(44-14-32(2,15-44)50-30(47)34(38,39)40)43-31(42-27)49-16-33-8-5-9-45(33)13-18(35)12-33/h6-7,10-11,18,46H,4-5,8-9,12-16H2,1-3H3/t18-,33+/m1/s1. The molecule has 0 amide bonds. The van der Waals surface area contributed by atoms with E-state index in [1.54, 1.807) is 6.92 Å². The number of nitrogens with zero attached hydrogens (tertiary/aromatic N) is 5. The second-order valence-corrected chi connectivity index (χ2v) is 13.4. The molecular formula is C34H33F6N5O5. The van der Waals surface area contributed by atoms with Gasteiger partial charge in [-0.2, -0.15) is 23.1 Å². The number of hydrogen-bond acceptors (Lipinski definition) is 10. The lowest BCUT2D eigenvalue weighted by atomic mass is 9.94. The third kappa shape index (κ3) is 5.66. The number of methoxy groups -OCH3 is 1. The van der Waals surface area contributed by atoms with Crippen molar-refractivity contribution in [2.24, 2.45) is 0 Å². The third-order valence-electron chi connectivity index (χ3n) is 9.82. The lowest BCUT2D eigenvalue weighted by molar-refractivity contribution is -0.214. The van der Waals surface area contributed by atoms with Gasteiger partial charge in [-0.3, -0.25) is 4.90 Å².